The van der Waals surface area contributed by atoms with Crippen LogP contribution in [0.25, 0.3) is 16.6 Å². The molecule has 4 aromatic rings. The van der Waals surface area contributed by atoms with Crippen LogP contribution in [0.4, 0.5) is 4.79 Å². The van der Waals surface area contributed by atoms with Crippen molar-refractivity contribution in [2.24, 2.45) is 14.1 Å². The lowest BCUT2D eigenvalue weighted by Gasteiger charge is -2.29. The van der Waals surface area contributed by atoms with Crippen LogP contribution in [0.5, 0.6) is 5.88 Å². The van der Waals surface area contributed by atoms with Crippen LogP contribution in [0.15, 0.2) is 46.0 Å². The van der Waals surface area contributed by atoms with Crippen molar-refractivity contribution in [3.63, 3.8) is 0 Å². The fraction of sp³-hybridized carbons (Fsp3) is 0.345. The van der Waals surface area contributed by atoms with Crippen LogP contribution in [0.3, 0.4) is 0 Å². The lowest BCUT2D eigenvalue weighted by atomic mass is 9.96. The molecular formula is C29H32ClN5O5. The number of fused-ring (bicyclic) bond motifs is 1. The average Bonchev–Trinajstić information content (AvgIpc) is 3.13. The normalized spacial score (nSPS) is 11.5. The van der Waals surface area contributed by atoms with E-state index in [2.05, 4.69) is 5.10 Å². The maximum Gasteiger partial charge on any atom is 0.417 e. The molecule has 0 saturated heterocycles. The van der Waals surface area contributed by atoms with Crippen molar-refractivity contribution in [3.05, 3.63) is 84.6 Å². The zero-order valence-corrected chi connectivity index (χ0v) is 24.5. The van der Waals surface area contributed by atoms with Crippen LogP contribution in [0.1, 0.15) is 54.9 Å². The molecule has 0 aliphatic rings. The van der Waals surface area contributed by atoms with E-state index in [0.717, 1.165) is 4.57 Å². The highest BCUT2D eigenvalue weighted by molar-refractivity contribution is 6.30. The van der Waals surface area contributed by atoms with Crippen LogP contribution >= 0.6 is 11.6 Å². The van der Waals surface area contributed by atoms with Gasteiger partial charge in [-0.1, -0.05) is 17.7 Å². The second-order valence-corrected chi connectivity index (χ2v) is 10.7. The number of halogens is 1. The van der Waals surface area contributed by atoms with Gasteiger partial charge in [-0.25, -0.2) is 18.8 Å². The van der Waals surface area contributed by atoms with Gasteiger partial charge in [0.1, 0.15) is 5.56 Å². The molecule has 0 spiro atoms. The summed E-state index contributed by atoms with van der Waals surface area (Å²) in [4.78, 5) is 55.5. The molecule has 2 heterocycles. The summed E-state index contributed by atoms with van der Waals surface area (Å²) in [7, 11) is 3.15. The predicted molar refractivity (Wildman–Crippen MR) is 154 cm³/mol. The summed E-state index contributed by atoms with van der Waals surface area (Å²) in [5.41, 5.74) is 0.652. The molecule has 210 valence electrons. The summed E-state index contributed by atoms with van der Waals surface area (Å²) in [5, 5.41) is 4.91. The highest BCUT2D eigenvalue weighted by Gasteiger charge is 2.30. The second-order valence-electron chi connectivity index (χ2n) is 10.3. The van der Waals surface area contributed by atoms with Gasteiger partial charge in [-0.15, -0.1) is 0 Å². The largest absolute Gasteiger partial charge is 0.417 e. The summed E-state index contributed by atoms with van der Waals surface area (Å²) in [6.45, 7) is 10.8. The van der Waals surface area contributed by atoms with Crippen molar-refractivity contribution >= 4 is 34.4 Å². The molecule has 0 fully saturated rings. The summed E-state index contributed by atoms with van der Waals surface area (Å²) in [6.07, 6.45) is -0.600. The van der Waals surface area contributed by atoms with Gasteiger partial charge in [-0.2, -0.15) is 5.10 Å². The van der Waals surface area contributed by atoms with Crippen molar-refractivity contribution in [3.8, 4) is 11.6 Å². The van der Waals surface area contributed by atoms with Gasteiger partial charge in [0.05, 0.1) is 22.3 Å². The minimum absolute atomic E-state index is 0.00935. The van der Waals surface area contributed by atoms with Gasteiger partial charge >= 0.3 is 11.8 Å². The summed E-state index contributed by atoms with van der Waals surface area (Å²) in [6, 6.07) is 9.31. The van der Waals surface area contributed by atoms with E-state index in [4.69, 9.17) is 16.3 Å². The highest BCUT2D eigenvalue weighted by Crippen LogP contribution is 2.29. The zero-order chi connectivity index (χ0) is 29.6. The van der Waals surface area contributed by atoms with Gasteiger partial charge < -0.3 is 9.64 Å². The Bertz CT molecular complexity index is 1770. The number of hydrogen-bond acceptors (Lipinski definition) is 6. The Labute approximate surface area is 236 Å². The van der Waals surface area contributed by atoms with Gasteiger partial charge in [0.2, 0.25) is 11.7 Å². The Kier molecular flexibility index (Phi) is 7.76. The lowest BCUT2D eigenvalue weighted by Crippen LogP contribution is -2.44. The predicted octanol–water partition coefficient (Wildman–Crippen LogP) is 4.54. The lowest BCUT2D eigenvalue weighted by molar-refractivity contribution is 0.102. The van der Waals surface area contributed by atoms with Crippen molar-refractivity contribution in [2.45, 2.75) is 53.6 Å². The monoisotopic (exact) mass is 565 g/mol. The van der Waals surface area contributed by atoms with Crippen LogP contribution < -0.4 is 16.0 Å². The Morgan fingerprint density at radius 3 is 2.25 bits per heavy atom. The minimum Gasteiger partial charge on any atom is -0.391 e. The number of benzene rings is 2. The Balaban J connectivity index is 1.90. The SMILES string of the molecule is Cc1nn(C)c(OC(=O)N(C(C)C)C(C)C)c1C(=O)c1ccc2c(c1C)c(=O)n(-c1cccc(Cl)c1)c(=O)n2C. The van der Waals surface area contributed by atoms with E-state index in [1.54, 1.807) is 63.2 Å². The standard InChI is InChI=1S/C29H32ClN5O5/c1-15(2)34(16(3)4)29(39)40-27-24(18(6)31-33(27)8)25(36)21-12-13-22-23(17(21)5)26(37)35(28(38)32(22)7)20-11-9-10-19(30)14-20/h9-16H,1-8H3. The van der Waals surface area contributed by atoms with Gasteiger partial charge in [0, 0.05) is 36.8 Å². The van der Waals surface area contributed by atoms with E-state index in [9.17, 15) is 19.2 Å². The number of aryl methyl sites for hydroxylation is 4. The number of hydrogen-bond donors (Lipinski definition) is 0. The van der Waals surface area contributed by atoms with E-state index < -0.39 is 23.1 Å². The molecule has 0 bridgehead atoms. The molecule has 0 radical (unpaired) electrons. The van der Waals surface area contributed by atoms with E-state index >= 15 is 0 Å². The Hall–Kier alpha value is -4.18. The second kappa shape index (κ2) is 10.8. The molecule has 2 aromatic heterocycles. The van der Waals surface area contributed by atoms with E-state index in [-0.39, 0.29) is 34.5 Å². The summed E-state index contributed by atoms with van der Waals surface area (Å²) in [5.74, 6) is -0.453. The van der Waals surface area contributed by atoms with Crippen molar-refractivity contribution < 1.29 is 14.3 Å². The third kappa shape index (κ3) is 4.83. The molecule has 2 aromatic carbocycles. The fourth-order valence-electron chi connectivity index (χ4n) is 5.09. The highest BCUT2D eigenvalue weighted by atomic mass is 35.5. The third-order valence-electron chi connectivity index (χ3n) is 6.91. The molecule has 0 N–H and O–H groups in total. The molecule has 4 rings (SSSR count). The maximum atomic E-state index is 14.0. The minimum atomic E-state index is -0.600. The first-order valence-corrected chi connectivity index (χ1v) is 13.2. The molecule has 0 unspecified atom stereocenters. The number of ketones is 1. The van der Waals surface area contributed by atoms with Crippen molar-refractivity contribution in [1.29, 1.82) is 0 Å². The van der Waals surface area contributed by atoms with Gasteiger partial charge in [0.25, 0.3) is 5.56 Å². The van der Waals surface area contributed by atoms with E-state index in [1.807, 2.05) is 27.7 Å². The summed E-state index contributed by atoms with van der Waals surface area (Å²) < 4.78 is 9.48. The summed E-state index contributed by atoms with van der Waals surface area (Å²) >= 11 is 6.13. The van der Waals surface area contributed by atoms with E-state index in [1.165, 1.54) is 15.3 Å². The molecular weight excluding hydrogens is 534 g/mol. The molecule has 0 atom stereocenters. The molecule has 1 amide bonds. The number of aromatic nitrogens is 4. The number of carbonyl (C=O) groups excluding carboxylic acids is 2. The zero-order valence-electron chi connectivity index (χ0n) is 23.8. The van der Waals surface area contributed by atoms with Crippen molar-refractivity contribution in [1.82, 2.24) is 23.8 Å². The quantitative estimate of drug-likeness (QED) is 0.318. The first kappa shape index (κ1) is 28.8. The van der Waals surface area contributed by atoms with Crippen LogP contribution in [-0.4, -0.2) is 47.8 Å². The number of ether oxygens (including phenoxy) is 1. The number of amides is 1. The molecule has 0 saturated carbocycles. The van der Waals surface area contributed by atoms with Crippen LogP contribution in [0, 0.1) is 13.8 Å². The van der Waals surface area contributed by atoms with Crippen LogP contribution in [0.2, 0.25) is 5.02 Å². The Morgan fingerprint density at radius 2 is 1.65 bits per heavy atom. The number of carbonyl (C=O) groups is 2. The van der Waals surface area contributed by atoms with Crippen molar-refractivity contribution in [2.75, 3.05) is 0 Å². The van der Waals surface area contributed by atoms with E-state index in [0.29, 0.717) is 27.5 Å². The molecule has 0 aliphatic heterocycles. The molecule has 11 heteroatoms. The van der Waals surface area contributed by atoms with Crippen LogP contribution in [-0.2, 0) is 14.1 Å². The first-order valence-electron chi connectivity index (χ1n) is 12.9. The smallest absolute Gasteiger partial charge is 0.391 e. The number of nitrogens with zero attached hydrogens (tertiary/aromatic N) is 5. The van der Waals surface area contributed by atoms with Gasteiger partial charge in [0.15, 0.2) is 0 Å². The molecule has 10 nitrogen and oxygen atoms in total. The molecule has 0 aliphatic carbocycles. The topological polar surface area (TPSA) is 108 Å². The average molecular weight is 566 g/mol. The Morgan fingerprint density at radius 1 is 1.00 bits per heavy atom. The fourth-order valence-corrected chi connectivity index (χ4v) is 5.28. The van der Waals surface area contributed by atoms with Gasteiger partial charge in [-0.05, 0) is 77.4 Å². The number of rotatable bonds is 6. The maximum absolute atomic E-state index is 14.0. The molecule has 40 heavy (non-hydrogen) atoms. The van der Waals surface area contributed by atoms with Gasteiger partial charge in [-0.3, -0.25) is 14.2 Å². The first-order chi connectivity index (χ1) is 18.8. The third-order valence-corrected chi connectivity index (χ3v) is 7.15.